The van der Waals surface area contributed by atoms with Gasteiger partial charge in [0.25, 0.3) is 11.7 Å². The number of anilines is 1. The molecular weight excluding hydrogens is 426 g/mol. The molecule has 1 N–H and O–H groups in total. The van der Waals surface area contributed by atoms with Crippen molar-refractivity contribution < 1.29 is 14.4 Å². The van der Waals surface area contributed by atoms with Gasteiger partial charge in [-0.15, -0.1) is 0 Å². The van der Waals surface area contributed by atoms with Crippen LogP contribution in [0.2, 0.25) is 0 Å². The molecule has 6 heteroatoms. The summed E-state index contributed by atoms with van der Waals surface area (Å²) < 4.78 is 0. The van der Waals surface area contributed by atoms with Gasteiger partial charge in [-0.25, -0.2) is 4.99 Å². The van der Waals surface area contributed by atoms with Crippen LogP contribution < -0.4 is 5.32 Å². The van der Waals surface area contributed by atoms with Crippen molar-refractivity contribution in [3.05, 3.63) is 114 Å². The predicted octanol–water partition coefficient (Wildman–Crippen LogP) is 3.94. The molecule has 3 aromatic carbocycles. The van der Waals surface area contributed by atoms with Crippen LogP contribution in [-0.2, 0) is 14.4 Å². The summed E-state index contributed by atoms with van der Waals surface area (Å²) in [6, 6.07) is 29.2. The number of likely N-dealkylation sites (tertiary alicyclic amines) is 1. The Bertz CT molecular complexity index is 1240. The molecule has 3 aromatic rings. The first-order valence-corrected chi connectivity index (χ1v) is 11.2. The van der Waals surface area contributed by atoms with Gasteiger partial charge < -0.3 is 10.2 Å². The van der Waals surface area contributed by atoms with Crippen LogP contribution in [0.1, 0.15) is 23.0 Å². The monoisotopic (exact) mass is 449 g/mol. The maximum Gasteiger partial charge on any atom is 0.276 e. The van der Waals surface area contributed by atoms with E-state index in [2.05, 4.69) is 34.6 Å². The molecular formula is C28H23N3O3. The Hall–Kier alpha value is -4.32. The van der Waals surface area contributed by atoms with Crippen LogP contribution in [0.3, 0.4) is 0 Å². The second-order valence-electron chi connectivity index (χ2n) is 8.41. The Balaban J connectivity index is 1.53. The van der Waals surface area contributed by atoms with Crippen molar-refractivity contribution in [3.63, 3.8) is 0 Å². The highest BCUT2D eigenvalue weighted by Gasteiger charge is 2.41. The van der Waals surface area contributed by atoms with Gasteiger partial charge in [0, 0.05) is 30.6 Å². The van der Waals surface area contributed by atoms with Crippen molar-refractivity contribution in [1.82, 2.24) is 4.90 Å². The number of Topliss-reactive ketones (excluding diaryl/α,β-unsaturated/α-hetero) is 2. The number of nitrogens with zero attached hydrogens (tertiary/aromatic N) is 2. The number of carbonyl (C=O) groups is 3. The third-order valence-corrected chi connectivity index (χ3v) is 6.31. The van der Waals surface area contributed by atoms with Crippen LogP contribution in [0.15, 0.2) is 107 Å². The lowest BCUT2D eigenvalue weighted by molar-refractivity contribution is -0.131. The largest absolute Gasteiger partial charge is 0.365 e. The summed E-state index contributed by atoms with van der Waals surface area (Å²) >= 11 is 0. The highest BCUT2D eigenvalue weighted by atomic mass is 16.2. The minimum absolute atomic E-state index is 0.0334. The van der Waals surface area contributed by atoms with Crippen LogP contribution in [0, 0.1) is 0 Å². The molecule has 1 amide bonds. The van der Waals surface area contributed by atoms with Gasteiger partial charge in [0.1, 0.15) is 5.70 Å². The number of hydrogen-bond donors (Lipinski definition) is 1. The number of benzene rings is 3. The molecule has 2 atom stereocenters. The van der Waals surface area contributed by atoms with E-state index in [1.807, 2.05) is 47.4 Å². The average Bonchev–Trinajstić information content (AvgIpc) is 3.32. The topological polar surface area (TPSA) is 78.8 Å². The van der Waals surface area contributed by atoms with Crippen LogP contribution in [-0.4, -0.2) is 41.7 Å². The molecule has 0 aliphatic carbocycles. The van der Waals surface area contributed by atoms with E-state index < -0.39 is 17.5 Å². The number of rotatable bonds is 5. The third kappa shape index (κ3) is 4.18. The summed E-state index contributed by atoms with van der Waals surface area (Å²) in [5.41, 5.74) is 2.92. The average molecular weight is 450 g/mol. The van der Waals surface area contributed by atoms with Crippen molar-refractivity contribution in [2.45, 2.75) is 11.8 Å². The smallest absolute Gasteiger partial charge is 0.276 e. The molecule has 0 aromatic heterocycles. The molecule has 0 saturated carbocycles. The molecule has 168 valence electrons. The number of ketones is 2. The number of allylic oxidation sites excluding steroid dienone is 1. The number of amides is 1. The maximum absolute atomic E-state index is 13.1. The first-order chi connectivity index (χ1) is 16.6. The van der Waals surface area contributed by atoms with E-state index in [0.717, 1.165) is 17.3 Å². The summed E-state index contributed by atoms with van der Waals surface area (Å²) in [6.07, 6.45) is 0.936. The van der Waals surface area contributed by atoms with Gasteiger partial charge >= 0.3 is 0 Å². The van der Waals surface area contributed by atoms with Crippen molar-refractivity contribution in [3.8, 4) is 0 Å². The van der Waals surface area contributed by atoms with Crippen molar-refractivity contribution in [2.24, 2.45) is 4.99 Å². The molecule has 0 bridgehead atoms. The number of aliphatic imine (C=N–C) groups is 1. The Morgan fingerprint density at radius 2 is 1.26 bits per heavy atom. The van der Waals surface area contributed by atoms with Gasteiger partial charge in [-0.3, -0.25) is 14.4 Å². The van der Waals surface area contributed by atoms with E-state index in [9.17, 15) is 14.4 Å². The van der Waals surface area contributed by atoms with Gasteiger partial charge in [-0.1, -0.05) is 78.9 Å². The standard InChI is InChI=1S/C28H23N3O3/c32-24-16-29-25(28(34)30-21-14-8-3-9-15-21)26(27(24)33)31-17-22(19-10-4-1-5-11-19)23(18-31)20-12-6-2-7-13-20/h1-16,22-23H,17-18H2,(H,30,34). The Morgan fingerprint density at radius 3 is 1.79 bits per heavy atom. The fourth-order valence-electron chi connectivity index (χ4n) is 4.70. The van der Waals surface area contributed by atoms with E-state index in [4.69, 9.17) is 0 Å². The van der Waals surface area contributed by atoms with Crippen molar-refractivity contribution in [2.75, 3.05) is 18.4 Å². The van der Waals surface area contributed by atoms with Gasteiger partial charge in [-0.05, 0) is 23.3 Å². The zero-order valence-electron chi connectivity index (χ0n) is 18.4. The van der Waals surface area contributed by atoms with E-state index in [-0.39, 0.29) is 23.2 Å². The zero-order chi connectivity index (χ0) is 23.5. The molecule has 0 spiro atoms. The van der Waals surface area contributed by atoms with E-state index in [1.54, 1.807) is 24.3 Å². The lowest BCUT2D eigenvalue weighted by Gasteiger charge is -2.24. The molecule has 5 rings (SSSR count). The molecule has 1 fully saturated rings. The lowest BCUT2D eigenvalue weighted by Crippen LogP contribution is -2.36. The molecule has 2 unspecified atom stereocenters. The fourth-order valence-corrected chi connectivity index (χ4v) is 4.70. The molecule has 6 nitrogen and oxygen atoms in total. The van der Waals surface area contributed by atoms with Crippen LogP contribution in [0.4, 0.5) is 5.69 Å². The zero-order valence-corrected chi connectivity index (χ0v) is 18.4. The quantitative estimate of drug-likeness (QED) is 0.599. The SMILES string of the molecule is O=C1C=NC(C(=O)Nc2ccccc2)=C(N2CC(c3ccccc3)C(c3ccccc3)C2)C1=O. The summed E-state index contributed by atoms with van der Waals surface area (Å²) in [5, 5.41) is 2.79. The van der Waals surface area contributed by atoms with Crippen LogP contribution in [0.25, 0.3) is 0 Å². The minimum Gasteiger partial charge on any atom is -0.365 e. The molecule has 0 radical (unpaired) electrons. The van der Waals surface area contributed by atoms with E-state index in [1.165, 1.54) is 0 Å². The fraction of sp³-hybridized carbons (Fsp3) is 0.143. The summed E-state index contributed by atoms with van der Waals surface area (Å²) in [5.74, 6) is -1.76. The highest BCUT2D eigenvalue weighted by Crippen LogP contribution is 2.41. The number of para-hydroxylation sites is 1. The molecule has 2 aliphatic heterocycles. The summed E-state index contributed by atoms with van der Waals surface area (Å²) in [4.78, 5) is 44.4. The second kappa shape index (κ2) is 9.27. The van der Waals surface area contributed by atoms with Gasteiger partial charge in [0.2, 0.25) is 5.78 Å². The third-order valence-electron chi connectivity index (χ3n) is 6.31. The van der Waals surface area contributed by atoms with Crippen molar-refractivity contribution in [1.29, 1.82) is 0 Å². The van der Waals surface area contributed by atoms with Crippen LogP contribution in [0.5, 0.6) is 0 Å². The number of hydrogen-bond acceptors (Lipinski definition) is 5. The molecule has 34 heavy (non-hydrogen) atoms. The highest BCUT2D eigenvalue weighted by molar-refractivity contribution is 6.64. The lowest BCUT2D eigenvalue weighted by atomic mass is 9.84. The predicted molar refractivity (Wildman–Crippen MR) is 131 cm³/mol. The van der Waals surface area contributed by atoms with E-state index in [0.29, 0.717) is 18.8 Å². The van der Waals surface area contributed by atoms with E-state index >= 15 is 0 Å². The molecule has 2 aliphatic rings. The maximum atomic E-state index is 13.1. The van der Waals surface area contributed by atoms with Gasteiger partial charge in [0.05, 0.1) is 6.21 Å². The number of nitrogens with one attached hydrogen (secondary N) is 1. The second-order valence-corrected chi connectivity index (χ2v) is 8.41. The summed E-state index contributed by atoms with van der Waals surface area (Å²) in [7, 11) is 0. The van der Waals surface area contributed by atoms with Gasteiger partial charge in [-0.2, -0.15) is 0 Å². The number of carbonyl (C=O) groups excluding carboxylic acids is 3. The summed E-state index contributed by atoms with van der Waals surface area (Å²) in [6.45, 7) is 0.991. The molecule has 1 saturated heterocycles. The molecule has 2 heterocycles. The Kier molecular flexibility index (Phi) is 5.87. The first kappa shape index (κ1) is 21.5. The first-order valence-electron chi connectivity index (χ1n) is 11.2. The minimum atomic E-state index is -0.717. The Morgan fingerprint density at radius 1 is 0.765 bits per heavy atom. The van der Waals surface area contributed by atoms with Gasteiger partial charge in [0.15, 0.2) is 5.70 Å². The van der Waals surface area contributed by atoms with Crippen molar-refractivity contribution >= 4 is 29.4 Å². The van der Waals surface area contributed by atoms with Crippen LogP contribution >= 0.6 is 0 Å². The normalized spacial score (nSPS) is 20.1. The Labute approximate surface area is 197 Å².